The second-order valence-corrected chi connectivity index (χ2v) is 10.0. The van der Waals surface area contributed by atoms with E-state index in [-0.39, 0.29) is 0 Å². The highest BCUT2D eigenvalue weighted by atomic mass is 32.2. The van der Waals surface area contributed by atoms with Crippen molar-refractivity contribution in [3.8, 4) is 17.1 Å². The number of piperazine rings is 1. The van der Waals surface area contributed by atoms with Crippen LogP contribution in [-0.2, 0) is 14.8 Å². The van der Waals surface area contributed by atoms with Crippen molar-refractivity contribution in [3.63, 3.8) is 0 Å². The first-order valence-electron chi connectivity index (χ1n) is 10.8. The molecule has 33 heavy (non-hydrogen) atoms. The van der Waals surface area contributed by atoms with Crippen LogP contribution in [0.3, 0.4) is 0 Å². The van der Waals surface area contributed by atoms with E-state index in [9.17, 15) is 8.42 Å². The highest BCUT2D eigenvalue weighted by Gasteiger charge is 2.23. The number of benzene rings is 1. The Kier molecular flexibility index (Phi) is 5.96. The number of rotatable bonds is 5. The molecule has 2 aliphatic heterocycles. The van der Waals surface area contributed by atoms with Gasteiger partial charge in [0.15, 0.2) is 5.52 Å². The van der Waals surface area contributed by atoms with E-state index in [1.807, 2.05) is 36.4 Å². The first kappa shape index (κ1) is 21.7. The molecule has 4 heterocycles. The molecule has 0 saturated carbocycles. The molecule has 0 atom stereocenters. The largest absolute Gasteiger partial charge is 0.439 e. The summed E-state index contributed by atoms with van der Waals surface area (Å²) in [6.07, 6.45) is 7.35. The third-order valence-electron chi connectivity index (χ3n) is 5.77. The van der Waals surface area contributed by atoms with Gasteiger partial charge in [-0.1, -0.05) is 12.1 Å². The fourth-order valence-electron chi connectivity index (χ4n) is 4.01. The monoisotopic (exact) mass is 467 g/mol. The van der Waals surface area contributed by atoms with Crippen molar-refractivity contribution in [1.29, 1.82) is 0 Å². The number of hydrogen-bond acceptors (Lipinski definition) is 8. The molecule has 0 spiro atoms. The lowest BCUT2D eigenvalue weighted by Gasteiger charge is -2.34. The number of fused-ring (bicyclic) bond motifs is 1. The summed E-state index contributed by atoms with van der Waals surface area (Å²) in [4.78, 5) is 15.8. The van der Waals surface area contributed by atoms with Gasteiger partial charge < -0.3 is 14.4 Å². The summed E-state index contributed by atoms with van der Waals surface area (Å²) in [5, 5.41) is 0. The molecule has 9 nitrogen and oxygen atoms in total. The first-order chi connectivity index (χ1) is 16.0. The molecule has 2 aliphatic rings. The average Bonchev–Trinajstić information content (AvgIpc) is 2.84. The number of ether oxygens (including phenoxy) is 2. The van der Waals surface area contributed by atoms with Gasteiger partial charge in [-0.25, -0.2) is 18.4 Å². The predicted molar refractivity (Wildman–Crippen MR) is 126 cm³/mol. The minimum atomic E-state index is -3.14. The molecule has 172 valence electrons. The summed E-state index contributed by atoms with van der Waals surface area (Å²) in [7, 11) is -3.14. The number of pyridine rings is 1. The van der Waals surface area contributed by atoms with Crippen LogP contribution in [0.2, 0.25) is 0 Å². The normalized spacial score (nSPS) is 17.7. The summed E-state index contributed by atoms with van der Waals surface area (Å²) in [5.41, 5.74) is 4.03. The highest BCUT2D eigenvalue weighted by molar-refractivity contribution is 7.88. The Morgan fingerprint density at radius 1 is 1.03 bits per heavy atom. The maximum atomic E-state index is 11.7. The molecule has 0 bridgehead atoms. The standard InChI is InChI=1S/C23H25N5O4S/c1-33(29,30)28-12-10-27(11-13-28)18-6-4-17(5-7-18)20-15-21-22(25-9-8-24-21)23(26-20)32-19-3-2-14-31-16-19/h3-9,15H,2,10-14,16H2,1H3. The van der Waals surface area contributed by atoms with Crippen LogP contribution in [0.4, 0.5) is 5.69 Å². The molecule has 0 unspecified atom stereocenters. The number of hydrogen-bond donors (Lipinski definition) is 0. The van der Waals surface area contributed by atoms with Crippen LogP contribution in [0.25, 0.3) is 22.3 Å². The van der Waals surface area contributed by atoms with Gasteiger partial charge in [-0.3, -0.25) is 4.98 Å². The molecule has 10 heteroatoms. The number of sulfonamides is 1. The molecule has 0 radical (unpaired) electrons. The fraction of sp³-hybridized carbons (Fsp3) is 0.348. The maximum absolute atomic E-state index is 11.7. The van der Waals surface area contributed by atoms with Gasteiger partial charge >= 0.3 is 0 Å². The fourth-order valence-corrected chi connectivity index (χ4v) is 4.84. The molecule has 1 aromatic carbocycles. The molecule has 0 N–H and O–H groups in total. The zero-order chi connectivity index (χ0) is 22.8. The second kappa shape index (κ2) is 9.05. The summed E-state index contributed by atoms with van der Waals surface area (Å²) in [5.74, 6) is 1.13. The highest BCUT2D eigenvalue weighted by Crippen LogP contribution is 2.30. The summed E-state index contributed by atoms with van der Waals surface area (Å²) < 4.78 is 36.5. The lowest BCUT2D eigenvalue weighted by molar-refractivity contribution is 0.121. The third-order valence-corrected chi connectivity index (χ3v) is 7.07. The van der Waals surface area contributed by atoms with Crippen LogP contribution < -0.4 is 9.64 Å². The molecular weight excluding hydrogens is 442 g/mol. The van der Waals surface area contributed by atoms with Crippen LogP contribution in [0.1, 0.15) is 6.42 Å². The van der Waals surface area contributed by atoms with Crippen molar-refractivity contribution >= 4 is 26.7 Å². The Morgan fingerprint density at radius 2 is 1.79 bits per heavy atom. The Bertz CT molecular complexity index is 1290. The molecule has 2 aromatic heterocycles. The van der Waals surface area contributed by atoms with E-state index in [4.69, 9.17) is 14.5 Å². The lowest BCUT2D eigenvalue weighted by atomic mass is 10.1. The number of nitrogens with zero attached hydrogens (tertiary/aromatic N) is 5. The van der Waals surface area contributed by atoms with E-state index in [0.717, 1.165) is 29.1 Å². The van der Waals surface area contributed by atoms with Crippen LogP contribution in [-0.4, -0.2) is 73.3 Å². The smallest absolute Gasteiger partial charge is 0.248 e. The maximum Gasteiger partial charge on any atom is 0.248 e. The van der Waals surface area contributed by atoms with Crippen LogP contribution >= 0.6 is 0 Å². The van der Waals surface area contributed by atoms with Crippen molar-refractivity contribution in [2.45, 2.75) is 6.42 Å². The SMILES string of the molecule is CS(=O)(=O)N1CCN(c2ccc(-c3cc4nccnc4c(OC4=CCCOC4)n3)cc2)CC1. The molecule has 1 saturated heterocycles. The van der Waals surface area contributed by atoms with Gasteiger partial charge in [0.1, 0.15) is 12.4 Å². The molecule has 0 aliphatic carbocycles. The van der Waals surface area contributed by atoms with E-state index >= 15 is 0 Å². The van der Waals surface area contributed by atoms with Gasteiger partial charge in [0, 0.05) is 49.8 Å². The molecular formula is C23H25N5O4S. The Labute approximate surface area is 192 Å². The van der Waals surface area contributed by atoms with E-state index in [1.165, 1.54) is 10.6 Å². The molecule has 5 rings (SSSR count). The zero-order valence-corrected chi connectivity index (χ0v) is 19.2. The van der Waals surface area contributed by atoms with Crippen LogP contribution in [0.15, 0.2) is 54.6 Å². The van der Waals surface area contributed by atoms with E-state index in [0.29, 0.717) is 56.3 Å². The zero-order valence-electron chi connectivity index (χ0n) is 18.3. The average molecular weight is 468 g/mol. The first-order valence-corrected chi connectivity index (χ1v) is 12.7. The molecule has 1 fully saturated rings. The summed E-state index contributed by atoms with van der Waals surface area (Å²) >= 11 is 0. The van der Waals surface area contributed by atoms with Crippen molar-refractivity contribution in [1.82, 2.24) is 19.3 Å². The van der Waals surface area contributed by atoms with Crippen molar-refractivity contribution in [2.75, 3.05) is 50.5 Å². The number of aromatic nitrogens is 3. The predicted octanol–water partition coefficient (Wildman–Crippen LogP) is 2.46. The quantitative estimate of drug-likeness (QED) is 0.565. The van der Waals surface area contributed by atoms with E-state index < -0.39 is 10.0 Å². The van der Waals surface area contributed by atoms with Gasteiger partial charge in [-0.15, -0.1) is 0 Å². The van der Waals surface area contributed by atoms with Gasteiger partial charge in [-0.05, 0) is 30.7 Å². The van der Waals surface area contributed by atoms with Crippen molar-refractivity contribution in [3.05, 3.63) is 54.6 Å². The minimum Gasteiger partial charge on any atom is -0.439 e. The summed E-state index contributed by atoms with van der Waals surface area (Å²) in [6.45, 7) is 3.40. The van der Waals surface area contributed by atoms with Gasteiger partial charge in [0.2, 0.25) is 15.9 Å². The lowest BCUT2D eigenvalue weighted by Crippen LogP contribution is -2.48. The van der Waals surface area contributed by atoms with E-state index in [2.05, 4.69) is 14.9 Å². The Morgan fingerprint density at radius 3 is 2.48 bits per heavy atom. The molecule has 3 aromatic rings. The van der Waals surface area contributed by atoms with Crippen molar-refractivity contribution < 1.29 is 17.9 Å². The number of anilines is 1. The van der Waals surface area contributed by atoms with Gasteiger partial charge in [0.25, 0.3) is 0 Å². The van der Waals surface area contributed by atoms with Gasteiger partial charge in [0.05, 0.1) is 24.1 Å². The Hall–Kier alpha value is -3.08. The van der Waals surface area contributed by atoms with Gasteiger partial charge in [-0.2, -0.15) is 4.31 Å². The van der Waals surface area contributed by atoms with Crippen LogP contribution in [0.5, 0.6) is 5.88 Å². The summed E-state index contributed by atoms with van der Waals surface area (Å²) in [6, 6.07) is 9.99. The van der Waals surface area contributed by atoms with Crippen molar-refractivity contribution in [2.24, 2.45) is 0 Å². The topological polar surface area (TPSA) is 97.8 Å². The third kappa shape index (κ3) is 4.82. The van der Waals surface area contributed by atoms with E-state index in [1.54, 1.807) is 12.4 Å². The van der Waals surface area contributed by atoms with Crippen LogP contribution in [0, 0.1) is 0 Å². The Balaban J connectivity index is 1.39. The minimum absolute atomic E-state index is 0.410. The second-order valence-electron chi connectivity index (χ2n) is 8.05. The molecule has 0 amide bonds.